The van der Waals surface area contributed by atoms with Gasteiger partial charge < -0.3 is 24.8 Å². The average Bonchev–Trinajstić information content (AvgIpc) is 2.53. The number of carbonyl (C=O) groups is 2. The Morgan fingerprint density at radius 3 is 2.16 bits per heavy atom. The Bertz CT molecular complexity index is 617. The Hall–Kier alpha value is -2.44. The van der Waals surface area contributed by atoms with Crippen molar-refractivity contribution in [3.63, 3.8) is 0 Å². The Morgan fingerprint density at radius 1 is 1.04 bits per heavy atom. The first-order valence-corrected chi connectivity index (χ1v) is 8.47. The predicted octanol–water partition coefficient (Wildman–Crippen LogP) is 2.84. The standard InChI is InChI=1S/C18H28N4O3/c1-18(2,3)25-17(24)22-12-10-21(11-13-22)16(23)19-14-8-6-7-9-15(14)20(4)5/h6-9H,10-13H2,1-5H3,(H,19,23). The summed E-state index contributed by atoms with van der Waals surface area (Å²) in [5.41, 5.74) is 1.21. The molecule has 1 fully saturated rings. The van der Waals surface area contributed by atoms with E-state index in [4.69, 9.17) is 4.74 Å². The molecule has 1 saturated heterocycles. The maximum atomic E-state index is 12.5. The second-order valence-electron chi connectivity index (χ2n) is 7.30. The van der Waals surface area contributed by atoms with Crippen LogP contribution in [0.25, 0.3) is 0 Å². The van der Waals surface area contributed by atoms with Gasteiger partial charge >= 0.3 is 12.1 Å². The molecular weight excluding hydrogens is 320 g/mol. The Kier molecular flexibility index (Phi) is 5.77. The molecular formula is C18H28N4O3. The highest BCUT2D eigenvalue weighted by Crippen LogP contribution is 2.24. The number of piperazine rings is 1. The van der Waals surface area contributed by atoms with E-state index in [9.17, 15) is 9.59 Å². The van der Waals surface area contributed by atoms with Crippen molar-refractivity contribution in [2.75, 3.05) is 50.5 Å². The minimum Gasteiger partial charge on any atom is -0.444 e. The molecule has 25 heavy (non-hydrogen) atoms. The van der Waals surface area contributed by atoms with Gasteiger partial charge in [-0.25, -0.2) is 9.59 Å². The van der Waals surface area contributed by atoms with E-state index in [0.29, 0.717) is 26.2 Å². The van der Waals surface area contributed by atoms with Gasteiger partial charge in [-0.05, 0) is 32.9 Å². The number of nitrogens with zero attached hydrogens (tertiary/aromatic N) is 3. The summed E-state index contributed by atoms with van der Waals surface area (Å²) in [7, 11) is 3.87. The lowest BCUT2D eigenvalue weighted by Crippen LogP contribution is -2.52. The molecule has 1 aliphatic rings. The number of para-hydroxylation sites is 2. The molecule has 1 heterocycles. The molecule has 0 saturated carbocycles. The molecule has 0 spiro atoms. The van der Waals surface area contributed by atoms with Crippen LogP contribution in [0, 0.1) is 0 Å². The van der Waals surface area contributed by atoms with Crippen molar-refractivity contribution in [2.24, 2.45) is 0 Å². The lowest BCUT2D eigenvalue weighted by atomic mass is 10.2. The molecule has 0 aliphatic carbocycles. The molecule has 0 bridgehead atoms. The van der Waals surface area contributed by atoms with Gasteiger partial charge in [0.05, 0.1) is 11.4 Å². The van der Waals surface area contributed by atoms with Crippen LogP contribution in [0.1, 0.15) is 20.8 Å². The van der Waals surface area contributed by atoms with E-state index in [1.807, 2.05) is 64.0 Å². The van der Waals surface area contributed by atoms with Crippen LogP contribution in [-0.4, -0.2) is 67.8 Å². The second-order valence-corrected chi connectivity index (χ2v) is 7.30. The molecule has 1 aromatic rings. The molecule has 0 aromatic heterocycles. The van der Waals surface area contributed by atoms with Crippen molar-refractivity contribution < 1.29 is 14.3 Å². The van der Waals surface area contributed by atoms with Gasteiger partial charge in [0.1, 0.15) is 5.60 Å². The Balaban J connectivity index is 1.91. The molecule has 138 valence electrons. The highest BCUT2D eigenvalue weighted by atomic mass is 16.6. The fraction of sp³-hybridized carbons (Fsp3) is 0.556. The lowest BCUT2D eigenvalue weighted by Gasteiger charge is -2.35. The van der Waals surface area contributed by atoms with Gasteiger partial charge in [-0.2, -0.15) is 0 Å². The van der Waals surface area contributed by atoms with Crippen LogP contribution in [-0.2, 0) is 4.74 Å². The minimum absolute atomic E-state index is 0.155. The van der Waals surface area contributed by atoms with Gasteiger partial charge in [-0.1, -0.05) is 12.1 Å². The molecule has 1 N–H and O–H groups in total. The first-order valence-electron chi connectivity index (χ1n) is 8.47. The summed E-state index contributed by atoms with van der Waals surface area (Å²) in [6.45, 7) is 7.43. The van der Waals surface area contributed by atoms with Crippen LogP contribution >= 0.6 is 0 Å². The van der Waals surface area contributed by atoms with E-state index in [0.717, 1.165) is 11.4 Å². The van der Waals surface area contributed by atoms with E-state index in [-0.39, 0.29) is 12.1 Å². The first kappa shape index (κ1) is 18.9. The normalized spacial score (nSPS) is 14.9. The number of amides is 3. The zero-order valence-corrected chi connectivity index (χ0v) is 15.7. The third-order valence-corrected chi connectivity index (χ3v) is 3.85. The Labute approximate surface area is 149 Å². The molecule has 0 unspecified atom stereocenters. The van der Waals surface area contributed by atoms with Crippen molar-refractivity contribution in [3.8, 4) is 0 Å². The average molecular weight is 348 g/mol. The summed E-state index contributed by atoms with van der Waals surface area (Å²) in [5.74, 6) is 0. The van der Waals surface area contributed by atoms with E-state index in [2.05, 4.69) is 5.32 Å². The van der Waals surface area contributed by atoms with Gasteiger partial charge in [0.25, 0.3) is 0 Å². The smallest absolute Gasteiger partial charge is 0.410 e. The predicted molar refractivity (Wildman–Crippen MR) is 99.2 cm³/mol. The number of anilines is 2. The highest BCUT2D eigenvalue weighted by molar-refractivity contribution is 5.93. The summed E-state index contributed by atoms with van der Waals surface area (Å²) in [4.78, 5) is 29.9. The number of carbonyl (C=O) groups excluding carboxylic acids is 2. The summed E-state index contributed by atoms with van der Waals surface area (Å²) in [5, 5.41) is 2.95. The quantitative estimate of drug-likeness (QED) is 0.892. The number of hydrogen-bond acceptors (Lipinski definition) is 4. The van der Waals surface area contributed by atoms with Gasteiger partial charge in [-0.3, -0.25) is 0 Å². The fourth-order valence-corrected chi connectivity index (χ4v) is 2.58. The minimum atomic E-state index is -0.512. The molecule has 0 atom stereocenters. The summed E-state index contributed by atoms with van der Waals surface area (Å²) >= 11 is 0. The number of nitrogens with one attached hydrogen (secondary N) is 1. The zero-order chi connectivity index (χ0) is 18.6. The highest BCUT2D eigenvalue weighted by Gasteiger charge is 2.27. The van der Waals surface area contributed by atoms with Gasteiger partial charge in [0, 0.05) is 40.3 Å². The van der Waals surface area contributed by atoms with Crippen LogP contribution in [0.15, 0.2) is 24.3 Å². The van der Waals surface area contributed by atoms with Crippen LogP contribution in [0.4, 0.5) is 21.0 Å². The van der Waals surface area contributed by atoms with E-state index in [1.54, 1.807) is 9.80 Å². The zero-order valence-electron chi connectivity index (χ0n) is 15.7. The third kappa shape index (κ3) is 5.27. The number of ether oxygens (including phenoxy) is 1. The number of urea groups is 1. The molecule has 0 radical (unpaired) electrons. The first-order chi connectivity index (χ1) is 11.7. The largest absolute Gasteiger partial charge is 0.444 e. The maximum absolute atomic E-state index is 12.5. The number of rotatable bonds is 2. The SMILES string of the molecule is CN(C)c1ccccc1NC(=O)N1CCN(C(=O)OC(C)(C)C)CC1. The monoisotopic (exact) mass is 348 g/mol. The van der Waals surface area contributed by atoms with Gasteiger partial charge in [0.15, 0.2) is 0 Å². The van der Waals surface area contributed by atoms with Crippen LogP contribution in [0.2, 0.25) is 0 Å². The summed E-state index contributed by atoms with van der Waals surface area (Å²) in [6, 6.07) is 7.51. The molecule has 7 nitrogen and oxygen atoms in total. The third-order valence-electron chi connectivity index (χ3n) is 3.85. The van der Waals surface area contributed by atoms with Gasteiger partial charge in [-0.15, -0.1) is 0 Å². The Morgan fingerprint density at radius 2 is 1.60 bits per heavy atom. The van der Waals surface area contributed by atoms with Crippen molar-refractivity contribution in [1.82, 2.24) is 9.80 Å². The topological polar surface area (TPSA) is 65.1 Å². The van der Waals surface area contributed by atoms with Crippen molar-refractivity contribution in [3.05, 3.63) is 24.3 Å². The molecule has 1 aliphatic heterocycles. The van der Waals surface area contributed by atoms with Crippen LogP contribution < -0.4 is 10.2 Å². The molecule has 1 aromatic carbocycles. The fourth-order valence-electron chi connectivity index (χ4n) is 2.58. The van der Waals surface area contributed by atoms with E-state index < -0.39 is 5.60 Å². The van der Waals surface area contributed by atoms with Crippen LogP contribution in [0.3, 0.4) is 0 Å². The molecule has 3 amide bonds. The summed E-state index contributed by atoms with van der Waals surface area (Å²) < 4.78 is 5.37. The van der Waals surface area contributed by atoms with Crippen molar-refractivity contribution >= 4 is 23.5 Å². The summed E-state index contributed by atoms with van der Waals surface area (Å²) in [6.07, 6.45) is -0.328. The maximum Gasteiger partial charge on any atom is 0.410 e. The van der Waals surface area contributed by atoms with Crippen molar-refractivity contribution in [1.29, 1.82) is 0 Å². The van der Waals surface area contributed by atoms with Crippen molar-refractivity contribution in [2.45, 2.75) is 26.4 Å². The molecule has 7 heteroatoms. The van der Waals surface area contributed by atoms with E-state index in [1.165, 1.54) is 0 Å². The number of benzene rings is 1. The van der Waals surface area contributed by atoms with Crippen LogP contribution in [0.5, 0.6) is 0 Å². The van der Waals surface area contributed by atoms with Gasteiger partial charge in [0.2, 0.25) is 0 Å². The second kappa shape index (κ2) is 7.63. The lowest BCUT2D eigenvalue weighted by molar-refractivity contribution is 0.0174. The van der Waals surface area contributed by atoms with E-state index >= 15 is 0 Å². The molecule has 2 rings (SSSR count). The number of hydrogen-bond donors (Lipinski definition) is 1.